The van der Waals surface area contributed by atoms with Crippen molar-refractivity contribution < 1.29 is 22.7 Å². The summed E-state index contributed by atoms with van der Waals surface area (Å²) >= 11 is 0. The van der Waals surface area contributed by atoms with Crippen LogP contribution in [0.4, 0.5) is 18.0 Å². The number of carbonyl (C=O) groups excluding carboxylic acids is 1. The van der Waals surface area contributed by atoms with Crippen LogP contribution >= 0.6 is 0 Å². The van der Waals surface area contributed by atoms with Gasteiger partial charge in [-0.2, -0.15) is 13.2 Å². The highest BCUT2D eigenvalue weighted by atomic mass is 19.4. The van der Waals surface area contributed by atoms with E-state index >= 15 is 0 Å². The van der Waals surface area contributed by atoms with Crippen molar-refractivity contribution in [1.29, 1.82) is 0 Å². The van der Waals surface area contributed by atoms with Gasteiger partial charge in [-0.1, -0.05) is 13.0 Å². The minimum absolute atomic E-state index is 0.0633. The van der Waals surface area contributed by atoms with Crippen LogP contribution in [0.3, 0.4) is 0 Å². The molecule has 1 aliphatic rings. The first-order valence-corrected chi connectivity index (χ1v) is 7.77. The Morgan fingerprint density at radius 2 is 2.04 bits per heavy atom. The van der Waals surface area contributed by atoms with Gasteiger partial charge in [-0.3, -0.25) is 0 Å². The normalized spacial score (nSPS) is 16.1. The van der Waals surface area contributed by atoms with Crippen molar-refractivity contribution in [2.45, 2.75) is 19.6 Å². The molecule has 2 amide bonds. The minimum atomic E-state index is -4.43. The lowest BCUT2D eigenvalue weighted by molar-refractivity contribution is -0.154. The quantitative estimate of drug-likeness (QED) is 0.884. The molecule has 6 nitrogen and oxygen atoms in total. The van der Waals surface area contributed by atoms with Gasteiger partial charge < -0.3 is 19.9 Å². The summed E-state index contributed by atoms with van der Waals surface area (Å²) in [6.45, 7) is 4.56. The van der Waals surface area contributed by atoms with E-state index in [9.17, 15) is 18.0 Å². The van der Waals surface area contributed by atoms with Gasteiger partial charge in [0.2, 0.25) is 5.88 Å². The number of hydrogen-bond donors (Lipinski definition) is 1. The van der Waals surface area contributed by atoms with Gasteiger partial charge in [0.25, 0.3) is 0 Å². The number of likely N-dealkylation sites (N-methyl/N-ethyl adjacent to an activating group) is 1. The van der Waals surface area contributed by atoms with E-state index in [-0.39, 0.29) is 18.5 Å². The fraction of sp³-hybridized carbons (Fsp3) is 0.600. The van der Waals surface area contributed by atoms with Crippen LogP contribution < -0.4 is 10.1 Å². The second-order valence-corrected chi connectivity index (χ2v) is 5.45. The zero-order valence-corrected chi connectivity index (χ0v) is 13.5. The number of piperazine rings is 1. The van der Waals surface area contributed by atoms with E-state index in [1.165, 1.54) is 6.20 Å². The average Bonchev–Trinajstić information content (AvgIpc) is 2.58. The van der Waals surface area contributed by atoms with Crippen LogP contribution in [0.2, 0.25) is 0 Å². The number of pyridine rings is 1. The summed E-state index contributed by atoms with van der Waals surface area (Å²) < 4.78 is 41.5. The molecule has 0 saturated carbocycles. The Hall–Kier alpha value is -2.03. The lowest BCUT2D eigenvalue weighted by atomic mass is 10.2. The third kappa shape index (κ3) is 5.55. The fourth-order valence-corrected chi connectivity index (χ4v) is 2.39. The molecule has 9 heteroatoms. The first kappa shape index (κ1) is 18.3. The molecule has 1 saturated heterocycles. The molecule has 0 aliphatic carbocycles. The third-order valence-corrected chi connectivity index (χ3v) is 3.76. The molecule has 1 N–H and O–H groups in total. The van der Waals surface area contributed by atoms with E-state index in [1.807, 2.05) is 0 Å². The number of alkyl halides is 3. The SMILES string of the molecule is CCN1CCN(C(=O)NCc2cccnc2OCC(F)(F)F)CC1. The number of amides is 2. The molecule has 1 fully saturated rings. The minimum Gasteiger partial charge on any atom is -0.468 e. The van der Waals surface area contributed by atoms with Gasteiger partial charge in [0, 0.05) is 44.5 Å². The number of hydrogen-bond acceptors (Lipinski definition) is 4. The summed E-state index contributed by atoms with van der Waals surface area (Å²) in [7, 11) is 0. The van der Waals surface area contributed by atoms with Crippen molar-refractivity contribution in [3.8, 4) is 5.88 Å². The number of rotatable bonds is 5. The van der Waals surface area contributed by atoms with Crippen LogP contribution in [0.1, 0.15) is 12.5 Å². The molecule has 1 aliphatic heterocycles. The molecular formula is C15H21F3N4O2. The molecule has 0 atom stereocenters. The van der Waals surface area contributed by atoms with Gasteiger partial charge in [0.05, 0.1) is 0 Å². The highest BCUT2D eigenvalue weighted by Crippen LogP contribution is 2.19. The number of urea groups is 1. The van der Waals surface area contributed by atoms with Gasteiger partial charge in [-0.05, 0) is 12.6 Å². The molecule has 2 rings (SSSR count). The highest BCUT2D eigenvalue weighted by molar-refractivity contribution is 5.74. The molecule has 134 valence electrons. The maximum atomic E-state index is 12.3. The second-order valence-electron chi connectivity index (χ2n) is 5.45. The summed E-state index contributed by atoms with van der Waals surface area (Å²) in [6.07, 6.45) is -3.09. The number of halogens is 3. The van der Waals surface area contributed by atoms with Gasteiger partial charge >= 0.3 is 12.2 Å². The zero-order valence-electron chi connectivity index (χ0n) is 13.5. The summed E-state index contributed by atoms with van der Waals surface area (Å²) in [5.74, 6) is -0.120. The monoisotopic (exact) mass is 346 g/mol. The Balaban J connectivity index is 1.86. The maximum absolute atomic E-state index is 12.3. The van der Waals surface area contributed by atoms with Gasteiger partial charge in [0.15, 0.2) is 6.61 Å². The molecule has 0 spiro atoms. The summed E-state index contributed by atoms with van der Waals surface area (Å²) in [5.41, 5.74) is 0.405. The van der Waals surface area contributed by atoms with Crippen LogP contribution in [0, 0.1) is 0 Å². The van der Waals surface area contributed by atoms with Crippen molar-refractivity contribution in [1.82, 2.24) is 20.1 Å². The molecule has 1 aromatic rings. The topological polar surface area (TPSA) is 57.7 Å². The average molecular weight is 346 g/mol. The Kier molecular flexibility index (Phi) is 6.24. The zero-order chi connectivity index (χ0) is 17.6. The molecule has 0 unspecified atom stereocenters. The largest absolute Gasteiger partial charge is 0.468 e. The third-order valence-electron chi connectivity index (χ3n) is 3.76. The first-order valence-electron chi connectivity index (χ1n) is 7.77. The van der Waals surface area contributed by atoms with Crippen LogP contribution in [0.15, 0.2) is 18.3 Å². The standard InChI is InChI=1S/C15H21F3N4O2/c1-2-21-6-8-22(9-7-21)14(23)20-10-12-4-3-5-19-13(12)24-11-15(16,17)18/h3-5H,2,6-11H2,1H3,(H,20,23). The Morgan fingerprint density at radius 3 is 2.67 bits per heavy atom. The van der Waals surface area contributed by atoms with Crippen molar-refractivity contribution in [3.05, 3.63) is 23.9 Å². The number of aromatic nitrogens is 1. The lowest BCUT2D eigenvalue weighted by Gasteiger charge is -2.34. The lowest BCUT2D eigenvalue weighted by Crippen LogP contribution is -2.51. The van der Waals surface area contributed by atoms with E-state index in [2.05, 4.69) is 22.1 Å². The molecule has 2 heterocycles. The predicted molar refractivity (Wildman–Crippen MR) is 81.7 cm³/mol. The van der Waals surface area contributed by atoms with Crippen molar-refractivity contribution in [2.75, 3.05) is 39.3 Å². The number of nitrogens with zero attached hydrogens (tertiary/aromatic N) is 3. The molecular weight excluding hydrogens is 325 g/mol. The molecule has 0 bridgehead atoms. The molecule has 0 aromatic carbocycles. The van der Waals surface area contributed by atoms with Crippen molar-refractivity contribution in [2.24, 2.45) is 0 Å². The van der Waals surface area contributed by atoms with Crippen LogP contribution in [0.25, 0.3) is 0 Å². The van der Waals surface area contributed by atoms with E-state index < -0.39 is 12.8 Å². The number of ether oxygens (including phenoxy) is 1. The molecule has 24 heavy (non-hydrogen) atoms. The Labute approximate surface area is 138 Å². The van der Waals surface area contributed by atoms with Crippen LogP contribution in [0.5, 0.6) is 5.88 Å². The Bertz CT molecular complexity index is 546. The summed E-state index contributed by atoms with van der Waals surface area (Å²) in [4.78, 5) is 19.9. The van der Waals surface area contributed by atoms with E-state index in [1.54, 1.807) is 17.0 Å². The van der Waals surface area contributed by atoms with Crippen molar-refractivity contribution >= 4 is 6.03 Å². The van der Waals surface area contributed by atoms with E-state index in [0.29, 0.717) is 18.7 Å². The smallest absolute Gasteiger partial charge is 0.422 e. The highest BCUT2D eigenvalue weighted by Gasteiger charge is 2.29. The number of nitrogens with one attached hydrogen (secondary N) is 1. The summed E-state index contributed by atoms with van der Waals surface area (Å²) in [5, 5.41) is 2.71. The van der Waals surface area contributed by atoms with Crippen LogP contribution in [-0.2, 0) is 6.54 Å². The first-order chi connectivity index (χ1) is 11.4. The maximum Gasteiger partial charge on any atom is 0.422 e. The van der Waals surface area contributed by atoms with Crippen LogP contribution in [-0.4, -0.2) is 66.3 Å². The van der Waals surface area contributed by atoms with Gasteiger partial charge in [-0.15, -0.1) is 0 Å². The van der Waals surface area contributed by atoms with Crippen molar-refractivity contribution in [3.63, 3.8) is 0 Å². The Morgan fingerprint density at radius 1 is 1.33 bits per heavy atom. The predicted octanol–water partition coefficient (Wildman–Crippen LogP) is 1.87. The van der Waals surface area contributed by atoms with Gasteiger partial charge in [-0.25, -0.2) is 9.78 Å². The molecule has 0 radical (unpaired) electrons. The van der Waals surface area contributed by atoms with E-state index in [4.69, 9.17) is 4.74 Å². The fourth-order valence-electron chi connectivity index (χ4n) is 2.39. The number of carbonyl (C=O) groups is 1. The molecule has 1 aromatic heterocycles. The second kappa shape index (κ2) is 8.18. The van der Waals surface area contributed by atoms with Gasteiger partial charge in [0.1, 0.15) is 0 Å². The summed E-state index contributed by atoms with van der Waals surface area (Å²) in [6, 6.07) is 2.92. The van der Waals surface area contributed by atoms with E-state index in [0.717, 1.165) is 19.6 Å².